The lowest BCUT2D eigenvalue weighted by atomic mass is 9.82. The van der Waals surface area contributed by atoms with Crippen molar-refractivity contribution in [3.63, 3.8) is 0 Å². The number of carbonyl (C=O) groups is 1. The quantitative estimate of drug-likeness (QED) is 0.814. The van der Waals surface area contributed by atoms with Gasteiger partial charge in [-0.05, 0) is 79.2 Å². The van der Waals surface area contributed by atoms with Gasteiger partial charge in [0.15, 0.2) is 0 Å². The molecule has 1 fully saturated rings. The summed E-state index contributed by atoms with van der Waals surface area (Å²) in [5.74, 6) is 0.797. The highest BCUT2D eigenvalue weighted by atomic mass is 16.6. The lowest BCUT2D eigenvalue weighted by molar-refractivity contribution is 0.0137. The second kappa shape index (κ2) is 8.34. The maximum absolute atomic E-state index is 12.1. The van der Waals surface area contributed by atoms with Gasteiger partial charge in [0.05, 0.1) is 0 Å². The highest BCUT2D eigenvalue weighted by Crippen LogP contribution is 2.28. The first-order valence-corrected chi connectivity index (χ1v) is 8.85. The standard InChI is InChI=1S/C18H36N2O3/c1-17(2,3)19-10-7-15(13-21)14-8-11-20(12-9-14)16(22)23-18(4,5)6/h14-15,19,21H,7-13H2,1-6H3. The van der Waals surface area contributed by atoms with Crippen LogP contribution in [0.1, 0.15) is 60.8 Å². The van der Waals surface area contributed by atoms with Gasteiger partial charge in [-0.25, -0.2) is 4.79 Å². The molecule has 5 nitrogen and oxygen atoms in total. The maximum Gasteiger partial charge on any atom is 0.410 e. The van der Waals surface area contributed by atoms with Gasteiger partial charge in [-0.2, -0.15) is 0 Å². The third-order valence-corrected chi connectivity index (χ3v) is 4.26. The molecule has 1 amide bonds. The number of hydrogen-bond donors (Lipinski definition) is 2. The molecule has 5 heteroatoms. The van der Waals surface area contributed by atoms with E-state index < -0.39 is 5.60 Å². The van der Waals surface area contributed by atoms with E-state index in [-0.39, 0.29) is 18.2 Å². The van der Waals surface area contributed by atoms with E-state index in [1.54, 1.807) is 4.90 Å². The van der Waals surface area contributed by atoms with Crippen molar-refractivity contribution in [3.8, 4) is 0 Å². The predicted molar refractivity (Wildman–Crippen MR) is 93.5 cm³/mol. The highest BCUT2D eigenvalue weighted by Gasteiger charge is 2.30. The van der Waals surface area contributed by atoms with Crippen molar-refractivity contribution in [2.45, 2.75) is 71.9 Å². The highest BCUT2D eigenvalue weighted by molar-refractivity contribution is 5.68. The molecule has 0 aromatic rings. The zero-order chi connectivity index (χ0) is 17.7. The third kappa shape index (κ3) is 8.02. The van der Waals surface area contributed by atoms with Crippen LogP contribution in [0.25, 0.3) is 0 Å². The summed E-state index contributed by atoms with van der Waals surface area (Å²) >= 11 is 0. The molecule has 0 bridgehead atoms. The van der Waals surface area contributed by atoms with E-state index in [2.05, 4.69) is 26.1 Å². The molecule has 0 saturated carbocycles. The minimum absolute atomic E-state index is 0.111. The molecule has 0 spiro atoms. The molecule has 1 saturated heterocycles. The zero-order valence-corrected chi connectivity index (χ0v) is 15.8. The monoisotopic (exact) mass is 328 g/mol. The summed E-state index contributed by atoms with van der Waals surface area (Å²) in [4.78, 5) is 13.9. The van der Waals surface area contributed by atoms with Crippen LogP contribution in [-0.4, -0.2) is 53.5 Å². The summed E-state index contributed by atoms with van der Waals surface area (Å²) in [7, 11) is 0. The summed E-state index contributed by atoms with van der Waals surface area (Å²) in [6, 6.07) is 0. The van der Waals surface area contributed by atoms with Gasteiger partial charge in [0.2, 0.25) is 0 Å². The number of amides is 1. The fourth-order valence-electron chi connectivity index (χ4n) is 2.99. The van der Waals surface area contributed by atoms with Crippen LogP contribution in [0.15, 0.2) is 0 Å². The van der Waals surface area contributed by atoms with Gasteiger partial charge in [0.1, 0.15) is 5.60 Å². The topological polar surface area (TPSA) is 61.8 Å². The van der Waals surface area contributed by atoms with Crippen molar-refractivity contribution >= 4 is 6.09 Å². The molecule has 1 atom stereocenters. The Morgan fingerprint density at radius 3 is 2.22 bits per heavy atom. The van der Waals surface area contributed by atoms with Crippen LogP contribution in [0.3, 0.4) is 0 Å². The first kappa shape index (κ1) is 20.2. The number of ether oxygens (including phenoxy) is 1. The molecule has 0 radical (unpaired) electrons. The molecule has 2 N–H and O–H groups in total. The van der Waals surface area contributed by atoms with Crippen molar-refractivity contribution < 1.29 is 14.6 Å². The number of carbonyl (C=O) groups excluding carboxylic acids is 1. The summed E-state index contributed by atoms with van der Waals surface area (Å²) in [5, 5.41) is 13.2. The number of nitrogens with one attached hydrogen (secondary N) is 1. The van der Waals surface area contributed by atoms with E-state index >= 15 is 0 Å². The Hall–Kier alpha value is -0.810. The van der Waals surface area contributed by atoms with Crippen molar-refractivity contribution in [2.24, 2.45) is 11.8 Å². The van der Waals surface area contributed by atoms with E-state index in [0.717, 1.165) is 38.9 Å². The van der Waals surface area contributed by atoms with Crippen LogP contribution in [0.5, 0.6) is 0 Å². The third-order valence-electron chi connectivity index (χ3n) is 4.26. The van der Waals surface area contributed by atoms with Gasteiger partial charge in [0, 0.05) is 25.2 Å². The summed E-state index contributed by atoms with van der Waals surface area (Å²) in [6.07, 6.45) is 2.65. The Kier molecular flexibility index (Phi) is 7.33. The van der Waals surface area contributed by atoms with Crippen molar-refractivity contribution in [1.82, 2.24) is 10.2 Å². The second-order valence-corrected chi connectivity index (χ2v) is 8.71. The number of nitrogens with zero attached hydrogens (tertiary/aromatic N) is 1. The van der Waals surface area contributed by atoms with Gasteiger partial charge in [-0.15, -0.1) is 0 Å². The molecule has 136 valence electrons. The summed E-state index contributed by atoms with van der Waals surface area (Å²) in [6.45, 7) is 14.7. The molecule has 1 rings (SSSR count). The lowest BCUT2D eigenvalue weighted by Crippen LogP contribution is -2.44. The van der Waals surface area contributed by atoms with Crippen molar-refractivity contribution in [1.29, 1.82) is 0 Å². The average molecular weight is 328 g/mol. The van der Waals surface area contributed by atoms with E-state index in [9.17, 15) is 9.90 Å². The van der Waals surface area contributed by atoms with Crippen LogP contribution in [0.2, 0.25) is 0 Å². The van der Waals surface area contributed by atoms with Crippen LogP contribution in [0.4, 0.5) is 4.79 Å². The molecule has 1 aliphatic heterocycles. The van der Waals surface area contributed by atoms with Crippen molar-refractivity contribution in [2.75, 3.05) is 26.2 Å². The Labute approximate surface area is 141 Å². The molecule has 0 aromatic heterocycles. The zero-order valence-electron chi connectivity index (χ0n) is 15.8. The number of rotatable bonds is 5. The number of likely N-dealkylation sites (tertiary alicyclic amines) is 1. The number of aliphatic hydroxyl groups is 1. The molecule has 1 aliphatic rings. The second-order valence-electron chi connectivity index (χ2n) is 8.71. The summed E-state index contributed by atoms with van der Waals surface area (Å²) in [5.41, 5.74) is -0.333. The van der Waals surface area contributed by atoms with Gasteiger partial charge >= 0.3 is 6.09 Å². The molecule has 23 heavy (non-hydrogen) atoms. The largest absolute Gasteiger partial charge is 0.444 e. The minimum Gasteiger partial charge on any atom is -0.444 e. The Morgan fingerprint density at radius 2 is 1.78 bits per heavy atom. The van der Waals surface area contributed by atoms with Crippen LogP contribution in [-0.2, 0) is 4.74 Å². The van der Waals surface area contributed by atoms with Crippen LogP contribution < -0.4 is 5.32 Å². The Bertz CT molecular complexity index is 363. The van der Waals surface area contributed by atoms with Crippen LogP contribution in [0, 0.1) is 11.8 Å². The minimum atomic E-state index is -0.444. The van der Waals surface area contributed by atoms with Gasteiger partial charge in [-0.1, -0.05) is 0 Å². The first-order chi connectivity index (χ1) is 10.5. The molecule has 0 aromatic carbocycles. The van der Waals surface area contributed by atoms with Crippen molar-refractivity contribution in [3.05, 3.63) is 0 Å². The first-order valence-electron chi connectivity index (χ1n) is 8.85. The molecule has 1 unspecified atom stereocenters. The normalized spacial score (nSPS) is 18.8. The smallest absolute Gasteiger partial charge is 0.410 e. The van der Waals surface area contributed by atoms with E-state index in [1.807, 2.05) is 20.8 Å². The Balaban J connectivity index is 2.39. The van der Waals surface area contributed by atoms with Gasteiger partial charge in [0.25, 0.3) is 0 Å². The summed E-state index contributed by atoms with van der Waals surface area (Å²) < 4.78 is 5.43. The lowest BCUT2D eigenvalue weighted by Gasteiger charge is -2.36. The predicted octanol–water partition coefficient (Wildman–Crippen LogP) is 3.02. The van der Waals surface area contributed by atoms with Gasteiger partial charge < -0.3 is 20.1 Å². The number of piperidine rings is 1. The van der Waals surface area contributed by atoms with Crippen LogP contribution >= 0.6 is 0 Å². The fourth-order valence-corrected chi connectivity index (χ4v) is 2.99. The molecule has 1 heterocycles. The molecule has 0 aliphatic carbocycles. The SMILES string of the molecule is CC(C)(C)NCCC(CO)C1CCN(C(=O)OC(C)(C)C)CC1. The fraction of sp³-hybridized carbons (Fsp3) is 0.944. The Morgan fingerprint density at radius 1 is 1.22 bits per heavy atom. The van der Waals surface area contributed by atoms with E-state index in [4.69, 9.17) is 4.74 Å². The van der Waals surface area contributed by atoms with E-state index in [0.29, 0.717) is 11.8 Å². The molecular weight excluding hydrogens is 292 g/mol. The van der Waals surface area contributed by atoms with E-state index in [1.165, 1.54) is 0 Å². The van der Waals surface area contributed by atoms with Gasteiger partial charge in [-0.3, -0.25) is 0 Å². The number of aliphatic hydroxyl groups excluding tert-OH is 1. The maximum atomic E-state index is 12.1. The average Bonchev–Trinajstić information content (AvgIpc) is 2.41. The molecular formula is C18H36N2O3. The number of hydrogen-bond acceptors (Lipinski definition) is 4.